The maximum Gasteiger partial charge on any atom is 0.416 e. The van der Waals surface area contributed by atoms with E-state index in [1.807, 2.05) is 19.2 Å². The van der Waals surface area contributed by atoms with Crippen LogP contribution >= 0.6 is 0 Å². The van der Waals surface area contributed by atoms with Crippen LogP contribution in [0.5, 0.6) is 0 Å². The van der Waals surface area contributed by atoms with Crippen LogP contribution in [0, 0.1) is 5.92 Å². The highest BCUT2D eigenvalue weighted by Gasteiger charge is 2.30. The van der Waals surface area contributed by atoms with Crippen molar-refractivity contribution in [1.82, 2.24) is 10.6 Å². The lowest BCUT2D eigenvalue weighted by Gasteiger charge is -2.09. The minimum atomic E-state index is -4.51. The summed E-state index contributed by atoms with van der Waals surface area (Å²) in [5, 5.41) is 4.39. The minimum Gasteiger partial charge on any atom is -0.452 e. The summed E-state index contributed by atoms with van der Waals surface area (Å²) >= 11 is 0. The Labute approximate surface area is 136 Å². The molecule has 0 bridgehead atoms. The average molecular weight is 346 g/mol. The minimum absolute atomic E-state index is 0.139. The van der Waals surface area contributed by atoms with Crippen LogP contribution in [-0.2, 0) is 15.7 Å². The first-order valence-electron chi connectivity index (χ1n) is 7.01. The molecule has 0 radical (unpaired) electrons. The lowest BCUT2D eigenvalue weighted by Crippen LogP contribution is -2.42. The van der Waals surface area contributed by atoms with Gasteiger partial charge in [-0.2, -0.15) is 13.2 Å². The molecule has 0 fully saturated rings. The number of ether oxygens (including phenoxy) is 1. The van der Waals surface area contributed by atoms with E-state index in [0.717, 1.165) is 24.3 Å². The first-order valence-corrected chi connectivity index (χ1v) is 7.01. The normalized spacial score (nSPS) is 11.1. The molecular formula is C15H17F3N2O4. The quantitative estimate of drug-likeness (QED) is 0.802. The number of rotatable bonds is 5. The summed E-state index contributed by atoms with van der Waals surface area (Å²) in [6.45, 7) is 3.38. The van der Waals surface area contributed by atoms with E-state index in [1.165, 1.54) is 0 Å². The smallest absolute Gasteiger partial charge is 0.416 e. The maximum atomic E-state index is 12.4. The van der Waals surface area contributed by atoms with Gasteiger partial charge in [0.05, 0.1) is 11.1 Å². The van der Waals surface area contributed by atoms with E-state index in [-0.39, 0.29) is 11.5 Å². The van der Waals surface area contributed by atoms with Gasteiger partial charge in [-0.25, -0.2) is 9.59 Å². The van der Waals surface area contributed by atoms with Gasteiger partial charge in [-0.05, 0) is 30.2 Å². The van der Waals surface area contributed by atoms with Gasteiger partial charge < -0.3 is 10.1 Å². The third kappa shape index (κ3) is 6.67. The Kier molecular flexibility index (Phi) is 6.75. The zero-order valence-corrected chi connectivity index (χ0v) is 13.1. The molecule has 0 spiro atoms. The molecule has 3 amide bonds. The molecule has 132 valence electrons. The van der Waals surface area contributed by atoms with E-state index in [9.17, 15) is 27.6 Å². The van der Waals surface area contributed by atoms with Gasteiger partial charge in [0.25, 0.3) is 5.91 Å². The van der Waals surface area contributed by atoms with Crippen molar-refractivity contribution in [3.8, 4) is 0 Å². The van der Waals surface area contributed by atoms with E-state index in [2.05, 4.69) is 10.1 Å². The van der Waals surface area contributed by atoms with Crippen LogP contribution in [0.1, 0.15) is 29.8 Å². The summed E-state index contributed by atoms with van der Waals surface area (Å²) in [7, 11) is 0. The Balaban J connectivity index is 2.45. The summed E-state index contributed by atoms with van der Waals surface area (Å²) in [4.78, 5) is 34.4. The first kappa shape index (κ1) is 19.5. The van der Waals surface area contributed by atoms with Crippen molar-refractivity contribution in [3.63, 3.8) is 0 Å². The highest BCUT2D eigenvalue weighted by atomic mass is 19.4. The Morgan fingerprint density at radius 3 is 2.21 bits per heavy atom. The number of halogens is 3. The van der Waals surface area contributed by atoms with Crippen LogP contribution in [0.15, 0.2) is 24.3 Å². The second-order valence-electron chi connectivity index (χ2n) is 5.30. The van der Waals surface area contributed by atoms with E-state index in [0.29, 0.717) is 6.54 Å². The number of amides is 3. The number of hydrogen-bond acceptors (Lipinski definition) is 4. The summed E-state index contributed by atoms with van der Waals surface area (Å²) in [6, 6.07) is 2.63. The van der Waals surface area contributed by atoms with E-state index in [1.54, 1.807) is 0 Å². The standard InChI is InChI=1S/C15H17F3N2O4/c1-9(2)7-19-14(23)20-12(21)8-24-13(22)10-3-5-11(6-4-10)15(16,17)18/h3-6,9H,7-8H2,1-2H3,(H2,19,20,21,23). The number of carbonyl (C=O) groups excluding carboxylic acids is 3. The molecular weight excluding hydrogens is 329 g/mol. The van der Waals surface area contributed by atoms with Crippen LogP contribution in [0.2, 0.25) is 0 Å². The van der Waals surface area contributed by atoms with Gasteiger partial charge in [-0.3, -0.25) is 10.1 Å². The van der Waals surface area contributed by atoms with Crippen LogP contribution in [-0.4, -0.2) is 31.1 Å². The number of carbonyl (C=O) groups is 3. The largest absolute Gasteiger partial charge is 0.452 e. The molecule has 6 nitrogen and oxygen atoms in total. The number of nitrogens with one attached hydrogen (secondary N) is 2. The molecule has 0 saturated carbocycles. The number of hydrogen-bond donors (Lipinski definition) is 2. The monoisotopic (exact) mass is 346 g/mol. The van der Waals surface area contributed by atoms with Crippen molar-refractivity contribution in [2.24, 2.45) is 5.92 Å². The molecule has 1 aromatic carbocycles. The van der Waals surface area contributed by atoms with Crippen LogP contribution in [0.4, 0.5) is 18.0 Å². The Morgan fingerprint density at radius 1 is 1.12 bits per heavy atom. The first-order chi connectivity index (χ1) is 11.1. The predicted octanol–water partition coefficient (Wildman–Crippen LogP) is 2.34. The highest BCUT2D eigenvalue weighted by Crippen LogP contribution is 2.29. The second-order valence-corrected chi connectivity index (χ2v) is 5.30. The fourth-order valence-electron chi connectivity index (χ4n) is 1.51. The second kappa shape index (κ2) is 8.32. The maximum absolute atomic E-state index is 12.4. The zero-order chi connectivity index (χ0) is 18.3. The lowest BCUT2D eigenvalue weighted by molar-refractivity contribution is -0.137. The number of esters is 1. The molecule has 0 saturated heterocycles. The summed E-state index contributed by atoms with van der Waals surface area (Å²) in [6.07, 6.45) is -4.51. The summed E-state index contributed by atoms with van der Waals surface area (Å²) in [5.74, 6) is -1.62. The molecule has 9 heteroatoms. The van der Waals surface area contributed by atoms with Crippen molar-refractivity contribution < 1.29 is 32.3 Å². The molecule has 0 aliphatic heterocycles. The Hall–Kier alpha value is -2.58. The molecule has 0 unspecified atom stereocenters. The topological polar surface area (TPSA) is 84.5 Å². The number of imide groups is 1. The van der Waals surface area contributed by atoms with Gasteiger partial charge in [0.15, 0.2) is 6.61 Å². The SMILES string of the molecule is CC(C)CNC(=O)NC(=O)COC(=O)c1ccc(C(F)(F)F)cc1. The van der Waals surface area contributed by atoms with E-state index < -0.39 is 36.3 Å². The molecule has 0 aliphatic carbocycles. The Bertz CT molecular complexity index is 598. The number of alkyl halides is 3. The highest BCUT2D eigenvalue weighted by molar-refractivity contribution is 5.97. The molecule has 1 aromatic rings. The van der Waals surface area contributed by atoms with Crippen molar-refractivity contribution in [2.75, 3.05) is 13.2 Å². The molecule has 24 heavy (non-hydrogen) atoms. The molecule has 1 rings (SSSR count). The molecule has 2 N–H and O–H groups in total. The Morgan fingerprint density at radius 2 is 1.71 bits per heavy atom. The number of benzene rings is 1. The van der Waals surface area contributed by atoms with E-state index >= 15 is 0 Å². The molecule has 0 aromatic heterocycles. The van der Waals surface area contributed by atoms with Crippen LogP contribution in [0.3, 0.4) is 0 Å². The van der Waals surface area contributed by atoms with Crippen molar-refractivity contribution in [2.45, 2.75) is 20.0 Å². The zero-order valence-electron chi connectivity index (χ0n) is 13.1. The molecule has 0 aliphatic rings. The predicted molar refractivity (Wildman–Crippen MR) is 78.1 cm³/mol. The van der Waals surface area contributed by atoms with Crippen molar-refractivity contribution in [3.05, 3.63) is 35.4 Å². The number of urea groups is 1. The molecule has 0 atom stereocenters. The van der Waals surface area contributed by atoms with Gasteiger partial charge >= 0.3 is 18.2 Å². The third-order valence-corrected chi connectivity index (χ3v) is 2.71. The van der Waals surface area contributed by atoms with Crippen LogP contribution in [0.25, 0.3) is 0 Å². The lowest BCUT2D eigenvalue weighted by atomic mass is 10.1. The molecule has 0 heterocycles. The fraction of sp³-hybridized carbons (Fsp3) is 0.400. The summed E-state index contributed by atoms with van der Waals surface area (Å²) < 4.78 is 41.8. The van der Waals surface area contributed by atoms with Gasteiger partial charge in [0.2, 0.25) is 0 Å². The van der Waals surface area contributed by atoms with Crippen LogP contribution < -0.4 is 10.6 Å². The average Bonchev–Trinajstić information content (AvgIpc) is 2.50. The van der Waals surface area contributed by atoms with Gasteiger partial charge in [0, 0.05) is 6.54 Å². The van der Waals surface area contributed by atoms with E-state index in [4.69, 9.17) is 0 Å². The fourth-order valence-corrected chi connectivity index (χ4v) is 1.51. The van der Waals surface area contributed by atoms with Gasteiger partial charge in [0.1, 0.15) is 0 Å². The van der Waals surface area contributed by atoms with Gasteiger partial charge in [-0.15, -0.1) is 0 Å². The third-order valence-electron chi connectivity index (χ3n) is 2.71. The van der Waals surface area contributed by atoms with Crippen molar-refractivity contribution >= 4 is 17.9 Å². The van der Waals surface area contributed by atoms with Gasteiger partial charge in [-0.1, -0.05) is 13.8 Å². The summed E-state index contributed by atoms with van der Waals surface area (Å²) in [5.41, 5.74) is -1.04. The van der Waals surface area contributed by atoms with Crippen molar-refractivity contribution in [1.29, 1.82) is 0 Å².